The van der Waals surface area contributed by atoms with Crippen molar-refractivity contribution in [2.45, 2.75) is 95.4 Å². The molecule has 0 spiro atoms. The van der Waals surface area contributed by atoms with E-state index < -0.39 is 42.7 Å². The number of methoxy groups -OCH3 is 1. The highest BCUT2D eigenvalue weighted by atomic mass is 16.6. The lowest BCUT2D eigenvalue weighted by molar-refractivity contribution is -0.151. The van der Waals surface area contributed by atoms with Crippen LogP contribution in [0.4, 0.5) is 0 Å². The molecule has 14 heteroatoms. The summed E-state index contributed by atoms with van der Waals surface area (Å²) in [7, 11) is 1.71. The SMILES string of the molecule is CCOC(=O)C1=C(C=O)/C2=C3\C[C@@H](CO)C(=O)[C@@H](C3)c3cc4c(cc3CC[C@H](CO)COc3c5c(c(CO)c(c32)O1)O[C@H]([C@@]1(O)CCC[C@H]2CN(CCCOC)CC[C@@H]21)C5)=NCC=4. The van der Waals surface area contributed by atoms with Crippen LogP contribution in [0.25, 0.3) is 11.6 Å². The number of carbonyl (C=O) groups excluding carboxylic acids is 3. The summed E-state index contributed by atoms with van der Waals surface area (Å²) in [6.07, 6.45) is 7.48. The molecular weight excluding hydrogens is 809 g/mol. The Bertz CT molecular complexity index is 2360. The zero-order chi connectivity index (χ0) is 44.0. The molecule has 0 unspecified atom stereocenters. The first-order valence-electron chi connectivity index (χ1n) is 22.9. The molecule has 2 bridgehead atoms. The molecule has 3 fully saturated rings. The van der Waals surface area contributed by atoms with Crippen LogP contribution in [0, 0.1) is 23.7 Å². The van der Waals surface area contributed by atoms with E-state index in [2.05, 4.69) is 9.89 Å². The van der Waals surface area contributed by atoms with E-state index in [9.17, 15) is 34.8 Å². The summed E-state index contributed by atoms with van der Waals surface area (Å²) >= 11 is 0. The Labute approximate surface area is 367 Å². The fraction of sp³-hybridized carbons (Fsp3) is 0.592. The molecule has 7 aliphatic rings. The summed E-state index contributed by atoms with van der Waals surface area (Å²) in [6.45, 7) is 4.36. The second-order valence-electron chi connectivity index (χ2n) is 18.4. The number of esters is 1. The van der Waals surface area contributed by atoms with Crippen LogP contribution in [-0.2, 0) is 43.3 Å². The first kappa shape index (κ1) is 43.8. The number of piperidine rings is 1. The highest BCUT2D eigenvalue weighted by Crippen LogP contribution is 2.58. The normalized spacial score (nSPS) is 30.0. The summed E-state index contributed by atoms with van der Waals surface area (Å²) in [6, 6.07) is 4.03. The van der Waals surface area contributed by atoms with Gasteiger partial charge in [-0.05, 0) is 105 Å². The summed E-state index contributed by atoms with van der Waals surface area (Å²) in [5, 5.41) is 47.7. The topological polar surface area (TPSA) is 194 Å². The number of aryl methyl sites for hydroxylation is 1. The number of aliphatic hydroxyl groups excluding tert-OH is 3. The zero-order valence-electron chi connectivity index (χ0n) is 36.4. The molecule has 2 aromatic rings. The molecule has 5 aliphatic heterocycles. The number of allylic oxidation sites excluding steroid dienone is 3. The third-order valence-electron chi connectivity index (χ3n) is 14.9. The van der Waals surface area contributed by atoms with E-state index >= 15 is 0 Å². The minimum absolute atomic E-state index is 0.00539. The third kappa shape index (κ3) is 7.74. The molecule has 2 aliphatic carbocycles. The highest BCUT2D eigenvalue weighted by molar-refractivity contribution is 6.11. The Morgan fingerprint density at radius 1 is 1.08 bits per heavy atom. The number of rotatable bonds is 11. The van der Waals surface area contributed by atoms with Gasteiger partial charge in [0.15, 0.2) is 6.29 Å². The van der Waals surface area contributed by atoms with Crippen LogP contribution in [0.15, 0.2) is 34.0 Å². The maximum Gasteiger partial charge on any atom is 0.375 e. The molecule has 1 saturated heterocycles. The number of aliphatic hydroxyl groups is 4. The lowest BCUT2D eigenvalue weighted by Crippen LogP contribution is -2.59. The molecule has 63 heavy (non-hydrogen) atoms. The number of Topliss-reactive ketones (excluding diaryl/α,β-unsaturated/α-hetero) is 1. The highest BCUT2D eigenvalue weighted by Gasteiger charge is 2.55. The van der Waals surface area contributed by atoms with Crippen LogP contribution in [0.1, 0.15) is 92.0 Å². The van der Waals surface area contributed by atoms with Gasteiger partial charge in [-0.15, -0.1) is 0 Å². The molecule has 2 aromatic carbocycles. The first-order chi connectivity index (χ1) is 30.7. The van der Waals surface area contributed by atoms with Crippen LogP contribution >= 0.6 is 0 Å². The van der Waals surface area contributed by atoms with Crippen molar-refractivity contribution in [1.82, 2.24) is 4.90 Å². The molecule has 0 amide bonds. The van der Waals surface area contributed by atoms with Gasteiger partial charge >= 0.3 is 5.97 Å². The number of ether oxygens (including phenoxy) is 5. The molecule has 7 atom stereocenters. The van der Waals surface area contributed by atoms with Crippen molar-refractivity contribution in [2.24, 2.45) is 28.7 Å². The fourth-order valence-electron chi connectivity index (χ4n) is 11.8. The molecule has 0 radical (unpaired) electrons. The predicted molar refractivity (Wildman–Crippen MR) is 230 cm³/mol. The maximum atomic E-state index is 14.5. The molecule has 0 aromatic heterocycles. The molecule has 5 heterocycles. The number of carbonyl (C=O) groups is 3. The van der Waals surface area contributed by atoms with Gasteiger partial charge in [-0.2, -0.15) is 0 Å². The summed E-state index contributed by atoms with van der Waals surface area (Å²) < 4.78 is 31.0. The van der Waals surface area contributed by atoms with Crippen LogP contribution < -0.4 is 24.8 Å². The lowest BCUT2D eigenvalue weighted by Gasteiger charge is -2.51. The third-order valence-corrected chi connectivity index (χ3v) is 14.9. The van der Waals surface area contributed by atoms with Crippen molar-refractivity contribution in [3.63, 3.8) is 0 Å². The van der Waals surface area contributed by atoms with Crippen molar-refractivity contribution < 1.29 is 58.5 Å². The smallest absolute Gasteiger partial charge is 0.375 e. The predicted octanol–water partition coefficient (Wildman–Crippen LogP) is 2.64. The standard InChI is InChI=1S/C49H60N2O12/c1-3-60-48(57)47-36(24-54)41-31-16-32(23-53)43(56)34(18-31)33-17-29-9-12-50-39(29)19-28(33)8-7-27(22-52)26-61-45-35-20-40(62-44(35)37(25-55)46(63-47)42(41)45)49(58)11-4-6-30-21-51(13-5-15-59-2)14-10-38(30)49/h9,17,19,24,27,30,32,34,38,40,52-53,55,58H,3-8,10-16,18,20-23,25-26H2,1-2H3/b41-31-/t27-,30+,32+,34+,38+,40+,49-/m1/s1. The average molecular weight is 869 g/mol. The Balaban J connectivity index is 1.22. The minimum atomic E-state index is -1.21. The Morgan fingerprint density at radius 3 is 2.70 bits per heavy atom. The molecule has 4 N–H and O–H groups in total. The second kappa shape index (κ2) is 18.2. The maximum absolute atomic E-state index is 14.5. The Morgan fingerprint density at radius 2 is 1.94 bits per heavy atom. The number of fused-ring (bicyclic) bond motifs is 8. The van der Waals surface area contributed by atoms with Crippen molar-refractivity contribution in [2.75, 3.05) is 66.3 Å². The van der Waals surface area contributed by atoms with Gasteiger partial charge in [0.2, 0.25) is 5.76 Å². The van der Waals surface area contributed by atoms with Gasteiger partial charge in [-0.25, -0.2) is 4.79 Å². The van der Waals surface area contributed by atoms with Gasteiger partial charge in [0.1, 0.15) is 34.7 Å². The van der Waals surface area contributed by atoms with E-state index in [0.29, 0.717) is 72.5 Å². The van der Waals surface area contributed by atoms with Crippen LogP contribution in [0.2, 0.25) is 0 Å². The molecule has 9 rings (SSSR count). The lowest BCUT2D eigenvalue weighted by atomic mass is 9.63. The largest absolute Gasteiger partial charge is 0.492 e. The monoisotopic (exact) mass is 868 g/mol. The minimum Gasteiger partial charge on any atom is -0.492 e. The summed E-state index contributed by atoms with van der Waals surface area (Å²) in [4.78, 5) is 49.0. The van der Waals surface area contributed by atoms with Crippen molar-refractivity contribution in [3.05, 3.63) is 67.4 Å². The van der Waals surface area contributed by atoms with E-state index in [1.54, 1.807) is 14.0 Å². The van der Waals surface area contributed by atoms with Crippen molar-refractivity contribution >= 4 is 29.7 Å². The Kier molecular flexibility index (Phi) is 12.7. The number of hydrogen-bond acceptors (Lipinski definition) is 14. The van der Waals surface area contributed by atoms with E-state index in [0.717, 1.165) is 67.0 Å². The Hall–Kier alpha value is -4.44. The van der Waals surface area contributed by atoms with Gasteiger partial charge in [0, 0.05) is 68.7 Å². The van der Waals surface area contributed by atoms with Gasteiger partial charge in [0.25, 0.3) is 0 Å². The van der Waals surface area contributed by atoms with Crippen LogP contribution in [0.5, 0.6) is 17.2 Å². The van der Waals surface area contributed by atoms with E-state index in [1.807, 2.05) is 18.2 Å². The fourth-order valence-corrected chi connectivity index (χ4v) is 11.8. The molecule has 2 saturated carbocycles. The van der Waals surface area contributed by atoms with Crippen molar-refractivity contribution in [1.29, 1.82) is 0 Å². The molecule has 14 nitrogen and oxygen atoms in total. The average Bonchev–Trinajstić information content (AvgIpc) is 3.96. The van der Waals surface area contributed by atoms with E-state index in [1.165, 1.54) is 0 Å². The first-order valence-corrected chi connectivity index (χ1v) is 22.9. The van der Waals surface area contributed by atoms with Crippen LogP contribution in [-0.4, -0.2) is 121 Å². The summed E-state index contributed by atoms with van der Waals surface area (Å²) in [5.41, 5.74) is 2.52. The molecule has 338 valence electrons. The van der Waals surface area contributed by atoms with Gasteiger partial charge in [-0.1, -0.05) is 18.1 Å². The zero-order valence-corrected chi connectivity index (χ0v) is 36.4. The number of ketones is 1. The molecular formula is C49H60N2O12. The van der Waals surface area contributed by atoms with E-state index in [4.69, 9.17) is 23.7 Å². The number of benzene rings is 2. The second-order valence-corrected chi connectivity index (χ2v) is 18.4. The number of hydrogen-bond donors (Lipinski definition) is 4. The van der Waals surface area contributed by atoms with Gasteiger partial charge in [0.05, 0.1) is 55.0 Å². The number of nitrogens with zero attached hydrogens (tertiary/aromatic N) is 2. The van der Waals surface area contributed by atoms with E-state index in [-0.39, 0.29) is 85.3 Å². The number of likely N-dealkylation sites (tertiary alicyclic amines) is 1. The summed E-state index contributed by atoms with van der Waals surface area (Å²) in [5.74, 6) is -2.40. The number of aldehydes is 1. The van der Waals surface area contributed by atoms with Gasteiger partial charge in [-0.3, -0.25) is 14.6 Å². The van der Waals surface area contributed by atoms with Gasteiger partial charge < -0.3 is 49.0 Å². The van der Waals surface area contributed by atoms with Crippen LogP contribution in [0.3, 0.4) is 0 Å². The quantitative estimate of drug-likeness (QED) is 0.147. The van der Waals surface area contributed by atoms with Crippen molar-refractivity contribution in [3.8, 4) is 17.2 Å².